The first-order valence-electron chi connectivity index (χ1n) is 12.8. The van der Waals surface area contributed by atoms with E-state index in [4.69, 9.17) is 0 Å². The van der Waals surface area contributed by atoms with Crippen LogP contribution in [0.3, 0.4) is 0 Å². The summed E-state index contributed by atoms with van der Waals surface area (Å²) in [6.45, 7) is 14.3. The first-order valence-corrected chi connectivity index (χ1v) is 12.8. The first-order chi connectivity index (χ1) is 13.9. The van der Waals surface area contributed by atoms with E-state index in [0.29, 0.717) is 5.41 Å². The fraction of sp³-hybridized carbons (Fsp3) is 0.923. The molecular weight excluding hydrogens is 354 g/mol. The van der Waals surface area contributed by atoms with Crippen molar-refractivity contribution in [2.24, 2.45) is 23.2 Å². The van der Waals surface area contributed by atoms with Gasteiger partial charge in [-0.1, -0.05) is 71.4 Å². The van der Waals surface area contributed by atoms with Crippen LogP contribution in [0.25, 0.3) is 0 Å². The molecule has 0 N–H and O–H groups in total. The number of aryl methyl sites for hydroxylation is 1. The van der Waals surface area contributed by atoms with Crippen LogP contribution in [0.1, 0.15) is 124 Å². The van der Waals surface area contributed by atoms with Gasteiger partial charge in [-0.05, 0) is 82.0 Å². The lowest BCUT2D eigenvalue weighted by atomic mass is 9.74. The minimum Gasteiger partial charge on any atom is -0.244 e. The monoisotopic (exact) mass is 401 g/mol. The lowest BCUT2D eigenvalue weighted by Crippen LogP contribution is -2.29. The van der Waals surface area contributed by atoms with E-state index in [1.54, 1.807) is 0 Å². The quantitative estimate of drug-likeness (QED) is 0.363. The third-order valence-electron chi connectivity index (χ3n) is 8.27. The van der Waals surface area contributed by atoms with Crippen LogP contribution in [-0.2, 0) is 18.4 Å². The van der Waals surface area contributed by atoms with Crippen LogP contribution in [0.15, 0.2) is 0 Å². The van der Waals surface area contributed by atoms with E-state index in [1.165, 1.54) is 88.4 Å². The summed E-state index contributed by atoms with van der Waals surface area (Å²) in [4.78, 5) is 0. The number of rotatable bonds is 11. The molecule has 0 bridgehead atoms. The minimum atomic E-state index is 0.0902. The molecule has 29 heavy (non-hydrogen) atoms. The highest BCUT2D eigenvalue weighted by Crippen LogP contribution is 2.63. The predicted molar refractivity (Wildman–Crippen MR) is 123 cm³/mol. The zero-order chi connectivity index (χ0) is 21.1. The maximum absolute atomic E-state index is 4.67. The molecule has 2 aliphatic rings. The van der Waals surface area contributed by atoms with E-state index < -0.39 is 0 Å². The zero-order valence-electron chi connectivity index (χ0n) is 20.3. The van der Waals surface area contributed by atoms with Crippen molar-refractivity contribution >= 4 is 0 Å². The molecule has 0 spiro atoms. The Morgan fingerprint density at radius 2 is 1.52 bits per heavy atom. The second-order valence-electron chi connectivity index (χ2n) is 11.1. The number of unbranched alkanes of at least 4 members (excludes halogenated alkanes) is 3. The van der Waals surface area contributed by atoms with Gasteiger partial charge in [0.2, 0.25) is 0 Å². The van der Waals surface area contributed by atoms with Crippen molar-refractivity contribution in [2.75, 3.05) is 0 Å². The van der Waals surface area contributed by atoms with Crippen LogP contribution in [0.4, 0.5) is 0 Å². The van der Waals surface area contributed by atoms with Gasteiger partial charge in [-0.3, -0.25) is 0 Å². The van der Waals surface area contributed by atoms with Crippen molar-refractivity contribution in [1.29, 1.82) is 0 Å². The molecule has 1 fully saturated rings. The Kier molecular flexibility index (Phi) is 7.49. The molecule has 1 saturated carbocycles. The molecule has 0 amide bonds. The molecule has 0 aliphatic heterocycles. The largest absolute Gasteiger partial charge is 0.244 e. The Hall–Kier alpha value is -0.860. The second-order valence-corrected chi connectivity index (χ2v) is 11.1. The summed E-state index contributed by atoms with van der Waals surface area (Å²) in [5, 5.41) is 9.30. The number of nitrogens with zero attached hydrogens (tertiary/aromatic N) is 3. The number of aromatic nitrogens is 3. The van der Waals surface area contributed by atoms with Crippen LogP contribution >= 0.6 is 0 Å². The zero-order valence-corrected chi connectivity index (χ0v) is 20.3. The molecule has 3 heteroatoms. The third kappa shape index (κ3) is 4.90. The normalized spacial score (nSPS) is 26.2. The molecule has 166 valence electrons. The number of fused-ring (bicyclic) bond motifs is 2. The smallest absolute Gasteiger partial charge is 0.0859 e. The molecule has 1 aromatic rings. The van der Waals surface area contributed by atoms with Gasteiger partial charge < -0.3 is 0 Å². The fourth-order valence-electron chi connectivity index (χ4n) is 6.84. The summed E-state index contributed by atoms with van der Waals surface area (Å²) in [5.74, 6) is 2.85. The molecule has 4 atom stereocenters. The molecule has 1 heterocycles. The predicted octanol–water partition coefficient (Wildman–Crippen LogP) is 7.33. The van der Waals surface area contributed by atoms with E-state index in [2.05, 4.69) is 56.5 Å². The molecule has 2 unspecified atom stereocenters. The van der Waals surface area contributed by atoms with Crippen molar-refractivity contribution < 1.29 is 0 Å². The average Bonchev–Trinajstić information content (AvgIpc) is 3.19. The van der Waals surface area contributed by atoms with Crippen LogP contribution in [0.2, 0.25) is 0 Å². The summed E-state index contributed by atoms with van der Waals surface area (Å²) >= 11 is 0. The average molecular weight is 402 g/mol. The van der Waals surface area contributed by atoms with E-state index >= 15 is 0 Å². The van der Waals surface area contributed by atoms with Crippen molar-refractivity contribution in [1.82, 2.24) is 15.0 Å². The molecule has 3 rings (SSSR count). The van der Waals surface area contributed by atoms with Crippen LogP contribution in [0, 0.1) is 23.2 Å². The van der Waals surface area contributed by atoms with Crippen LogP contribution in [0.5, 0.6) is 0 Å². The van der Waals surface area contributed by atoms with Crippen molar-refractivity contribution in [2.45, 2.75) is 131 Å². The Morgan fingerprint density at radius 3 is 2.17 bits per heavy atom. The molecule has 0 radical (unpaired) electrons. The Labute approximate surface area is 180 Å². The topological polar surface area (TPSA) is 30.7 Å². The van der Waals surface area contributed by atoms with Crippen LogP contribution < -0.4 is 0 Å². The van der Waals surface area contributed by atoms with Gasteiger partial charge in [-0.25, -0.2) is 4.68 Å². The van der Waals surface area contributed by atoms with Gasteiger partial charge in [0.25, 0.3) is 0 Å². The van der Waals surface area contributed by atoms with Crippen LogP contribution in [-0.4, -0.2) is 15.0 Å². The maximum atomic E-state index is 4.67. The highest BCUT2D eigenvalue weighted by atomic mass is 15.5. The lowest BCUT2D eigenvalue weighted by molar-refractivity contribution is 0.194. The molecule has 2 aliphatic carbocycles. The Morgan fingerprint density at radius 1 is 0.828 bits per heavy atom. The minimum absolute atomic E-state index is 0.0902. The SMILES string of the molecule is CCCCCCC(C)(CCC)C1[C@H]2CCc3nnn(C(C)(C)CCC)c3CC[C@@H]12. The standard InChI is InChI=1S/C26H47N3/c1-7-10-11-12-19-26(6,18-9-3)24-20-13-15-22-23(16-14-21(20)24)29(28-27-22)25(4,5)17-8-2/h20-21,24H,7-19H2,1-6H3/t20-,21+,24?,26?/m0/s1. The van der Waals surface area contributed by atoms with E-state index in [9.17, 15) is 0 Å². The van der Waals surface area contributed by atoms with Gasteiger partial charge in [0.15, 0.2) is 0 Å². The van der Waals surface area contributed by atoms with Gasteiger partial charge in [-0.2, -0.15) is 0 Å². The molecule has 0 aromatic carbocycles. The number of hydrogen-bond acceptors (Lipinski definition) is 2. The van der Waals surface area contributed by atoms with Crippen molar-refractivity contribution in [3.8, 4) is 0 Å². The van der Waals surface area contributed by atoms with Gasteiger partial charge in [0, 0.05) is 0 Å². The van der Waals surface area contributed by atoms with Crippen molar-refractivity contribution in [3.63, 3.8) is 0 Å². The highest BCUT2D eigenvalue weighted by molar-refractivity contribution is 5.18. The highest BCUT2D eigenvalue weighted by Gasteiger charge is 2.57. The van der Waals surface area contributed by atoms with Crippen molar-refractivity contribution in [3.05, 3.63) is 11.4 Å². The van der Waals surface area contributed by atoms with E-state index in [1.807, 2.05) is 0 Å². The summed E-state index contributed by atoms with van der Waals surface area (Å²) < 4.78 is 2.29. The second kappa shape index (κ2) is 9.52. The summed E-state index contributed by atoms with van der Waals surface area (Å²) in [7, 11) is 0. The van der Waals surface area contributed by atoms with Gasteiger partial charge in [0.1, 0.15) is 0 Å². The summed E-state index contributed by atoms with van der Waals surface area (Å²) in [6.07, 6.45) is 17.2. The Bertz CT molecular complexity index is 646. The van der Waals surface area contributed by atoms with Gasteiger partial charge >= 0.3 is 0 Å². The number of hydrogen-bond donors (Lipinski definition) is 0. The fourth-order valence-corrected chi connectivity index (χ4v) is 6.84. The maximum Gasteiger partial charge on any atom is 0.0859 e. The van der Waals surface area contributed by atoms with Gasteiger partial charge in [-0.15, -0.1) is 5.10 Å². The molecular formula is C26H47N3. The molecule has 0 saturated heterocycles. The van der Waals surface area contributed by atoms with E-state index in [-0.39, 0.29) is 5.54 Å². The molecule has 3 nitrogen and oxygen atoms in total. The third-order valence-corrected chi connectivity index (χ3v) is 8.27. The summed E-state index contributed by atoms with van der Waals surface area (Å²) in [6, 6.07) is 0. The molecule has 1 aromatic heterocycles. The lowest BCUT2D eigenvalue weighted by Gasteiger charge is -2.31. The van der Waals surface area contributed by atoms with E-state index in [0.717, 1.165) is 24.2 Å². The summed E-state index contributed by atoms with van der Waals surface area (Å²) in [5.41, 5.74) is 3.41. The first kappa shape index (κ1) is 22.8. The Balaban J connectivity index is 1.69. The van der Waals surface area contributed by atoms with Gasteiger partial charge in [0.05, 0.1) is 16.9 Å².